The highest BCUT2D eigenvalue weighted by Crippen LogP contribution is 2.02. The van der Waals surface area contributed by atoms with Crippen molar-refractivity contribution in [3.8, 4) is 0 Å². The van der Waals surface area contributed by atoms with Gasteiger partial charge in [0.1, 0.15) is 0 Å². The minimum Gasteiger partial charge on any atom is -0.411 e. The van der Waals surface area contributed by atoms with Crippen LogP contribution in [0.15, 0.2) is 6.20 Å². The van der Waals surface area contributed by atoms with Crippen LogP contribution in [0, 0.1) is 6.92 Å². The molecule has 0 radical (unpaired) electrons. The number of nitrogens with two attached hydrogens (primary N) is 1. The van der Waals surface area contributed by atoms with Crippen molar-refractivity contribution in [2.24, 2.45) is 5.73 Å². The molecule has 0 amide bonds. The van der Waals surface area contributed by atoms with Crippen molar-refractivity contribution in [2.45, 2.75) is 13.5 Å². The molecular formula is C5H9N3O. The maximum absolute atomic E-state index is 8.82. The lowest BCUT2D eigenvalue weighted by atomic mass is 10.3. The average molecular weight is 127 g/mol. The zero-order chi connectivity index (χ0) is 6.85. The molecule has 0 aliphatic heterocycles. The summed E-state index contributed by atoms with van der Waals surface area (Å²) in [6.07, 6.45) is 1.55. The number of aromatic nitrogens is 2. The molecule has 1 rings (SSSR count). The Morgan fingerprint density at radius 1 is 1.89 bits per heavy atom. The predicted octanol–water partition coefficient (Wildman–Crippen LogP) is -0.112. The highest BCUT2D eigenvalue weighted by Gasteiger charge is 2.00. The highest BCUT2D eigenvalue weighted by atomic mass is 16.5. The third-order valence-corrected chi connectivity index (χ3v) is 1.31. The lowest BCUT2D eigenvalue weighted by Crippen LogP contribution is -1.99. The maximum atomic E-state index is 8.82. The van der Waals surface area contributed by atoms with E-state index in [1.165, 1.54) is 0 Å². The molecular weight excluding hydrogens is 118 g/mol. The summed E-state index contributed by atoms with van der Waals surface area (Å²) in [7, 11) is 0. The standard InChI is InChI=1S/C5H9N3O/c1-4-5(2-6)3-7-8(4)9/h3,9H,2,6H2,1H3. The van der Waals surface area contributed by atoms with Crippen molar-refractivity contribution in [2.75, 3.05) is 0 Å². The first-order valence-corrected chi connectivity index (χ1v) is 2.68. The van der Waals surface area contributed by atoms with Gasteiger partial charge in [-0.25, -0.2) is 0 Å². The van der Waals surface area contributed by atoms with Gasteiger partial charge in [0.05, 0.1) is 11.9 Å². The fraction of sp³-hybridized carbons (Fsp3) is 0.400. The lowest BCUT2D eigenvalue weighted by Gasteiger charge is -1.92. The molecule has 50 valence electrons. The second-order valence-electron chi connectivity index (χ2n) is 1.85. The van der Waals surface area contributed by atoms with E-state index in [9.17, 15) is 0 Å². The van der Waals surface area contributed by atoms with Crippen LogP contribution in [-0.2, 0) is 6.54 Å². The molecule has 0 bridgehead atoms. The van der Waals surface area contributed by atoms with Gasteiger partial charge in [-0.3, -0.25) is 0 Å². The first kappa shape index (κ1) is 6.10. The van der Waals surface area contributed by atoms with Gasteiger partial charge in [0.25, 0.3) is 0 Å². The van der Waals surface area contributed by atoms with E-state index in [1.54, 1.807) is 13.1 Å². The third kappa shape index (κ3) is 0.882. The molecule has 0 aliphatic carbocycles. The summed E-state index contributed by atoms with van der Waals surface area (Å²) in [5, 5.41) is 12.4. The Balaban J connectivity index is 3.04. The van der Waals surface area contributed by atoms with Crippen LogP contribution in [0.5, 0.6) is 0 Å². The fourth-order valence-corrected chi connectivity index (χ4v) is 0.633. The molecule has 0 saturated carbocycles. The molecule has 9 heavy (non-hydrogen) atoms. The van der Waals surface area contributed by atoms with E-state index >= 15 is 0 Å². The van der Waals surface area contributed by atoms with E-state index in [0.29, 0.717) is 12.2 Å². The van der Waals surface area contributed by atoms with Crippen LogP contribution < -0.4 is 5.73 Å². The van der Waals surface area contributed by atoms with Crippen molar-refractivity contribution in [1.82, 2.24) is 9.94 Å². The summed E-state index contributed by atoms with van der Waals surface area (Å²) in [4.78, 5) is 0.822. The molecule has 4 nitrogen and oxygen atoms in total. The Morgan fingerprint density at radius 2 is 2.56 bits per heavy atom. The normalized spacial score (nSPS) is 10.0. The van der Waals surface area contributed by atoms with Gasteiger partial charge in [-0.05, 0) is 6.92 Å². The largest absolute Gasteiger partial charge is 0.411 e. The van der Waals surface area contributed by atoms with E-state index in [0.717, 1.165) is 10.4 Å². The number of hydrogen-bond acceptors (Lipinski definition) is 3. The average Bonchev–Trinajstić information content (AvgIpc) is 2.15. The minimum absolute atomic E-state index is 0.423. The first-order chi connectivity index (χ1) is 4.25. The quantitative estimate of drug-likeness (QED) is 0.517. The van der Waals surface area contributed by atoms with Crippen molar-refractivity contribution in [3.05, 3.63) is 17.5 Å². The molecule has 1 aromatic heterocycles. The zero-order valence-corrected chi connectivity index (χ0v) is 5.20. The molecule has 0 aromatic carbocycles. The van der Waals surface area contributed by atoms with Crippen LogP contribution in [-0.4, -0.2) is 15.2 Å². The SMILES string of the molecule is Cc1c(CN)cnn1O. The smallest absolute Gasteiger partial charge is 0.0812 e. The van der Waals surface area contributed by atoms with Gasteiger partial charge in [0, 0.05) is 12.1 Å². The van der Waals surface area contributed by atoms with Crippen molar-refractivity contribution in [3.63, 3.8) is 0 Å². The molecule has 0 atom stereocenters. The Labute approximate surface area is 52.9 Å². The van der Waals surface area contributed by atoms with Gasteiger partial charge < -0.3 is 10.9 Å². The van der Waals surface area contributed by atoms with Gasteiger partial charge in [-0.2, -0.15) is 0 Å². The predicted molar refractivity (Wildman–Crippen MR) is 32.0 cm³/mol. The first-order valence-electron chi connectivity index (χ1n) is 2.68. The lowest BCUT2D eigenvalue weighted by molar-refractivity contribution is 0.142. The summed E-state index contributed by atoms with van der Waals surface area (Å²) >= 11 is 0. The summed E-state index contributed by atoms with van der Waals surface area (Å²) in [5.41, 5.74) is 6.88. The highest BCUT2D eigenvalue weighted by molar-refractivity contribution is 5.14. The molecule has 3 N–H and O–H groups in total. The van der Waals surface area contributed by atoms with Gasteiger partial charge in [0.2, 0.25) is 0 Å². The second-order valence-corrected chi connectivity index (χ2v) is 1.85. The van der Waals surface area contributed by atoms with Gasteiger partial charge >= 0.3 is 0 Å². The topological polar surface area (TPSA) is 64.1 Å². The van der Waals surface area contributed by atoms with E-state index in [4.69, 9.17) is 10.9 Å². The fourth-order valence-electron chi connectivity index (χ4n) is 0.633. The molecule has 0 fully saturated rings. The molecule has 0 unspecified atom stereocenters. The van der Waals surface area contributed by atoms with E-state index < -0.39 is 0 Å². The van der Waals surface area contributed by atoms with Crippen LogP contribution in [0.2, 0.25) is 0 Å². The summed E-state index contributed by atoms with van der Waals surface area (Å²) in [6, 6.07) is 0. The van der Waals surface area contributed by atoms with Gasteiger partial charge in [-0.1, -0.05) is 0 Å². The number of nitrogens with zero attached hydrogens (tertiary/aromatic N) is 2. The molecule has 1 aromatic rings. The third-order valence-electron chi connectivity index (χ3n) is 1.31. The van der Waals surface area contributed by atoms with Gasteiger partial charge in [0.15, 0.2) is 0 Å². The van der Waals surface area contributed by atoms with Crippen LogP contribution in [0.4, 0.5) is 0 Å². The Kier molecular flexibility index (Phi) is 1.40. The second kappa shape index (κ2) is 2.06. The van der Waals surface area contributed by atoms with Crippen LogP contribution in [0.1, 0.15) is 11.3 Å². The van der Waals surface area contributed by atoms with E-state index in [2.05, 4.69) is 5.10 Å². The molecule has 0 saturated heterocycles. The minimum atomic E-state index is 0.423. The molecule has 0 aliphatic rings. The monoisotopic (exact) mass is 127 g/mol. The van der Waals surface area contributed by atoms with Crippen LogP contribution in [0.3, 0.4) is 0 Å². The van der Waals surface area contributed by atoms with Crippen molar-refractivity contribution >= 4 is 0 Å². The van der Waals surface area contributed by atoms with E-state index in [1.807, 2.05) is 0 Å². The Hall–Kier alpha value is -1.03. The Morgan fingerprint density at radius 3 is 2.78 bits per heavy atom. The number of hydrogen-bond donors (Lipinski definition) is 2. The van der Waals surface area contributed by atoms with Crippen molar-refractivity contribution in [1.29, 1.82) is 0 Å². The van der Waals surface area contributed by atoms with Crippen molar-refractivity contribution < 1.29 is 5.21 Å². The van der Waals surface area contributed by atoms with Crippen LogP contribution in [0.25, 0.3) is 0 Å². The molecule has 0 spiro atoms. The number of rotatable bonds is 1. The summed E-state index contributed by atoms with van der Waals surface area (Å²) < 4.78 is 0. The van der Waals surface area contributed by atoms with Crippen LogP contribution >= 0.6 is 0 Å². The van der Waals surface area contributed by atoms with E-state index in [-0.39, 0.29) is 0 Å². The summed E-state index contributed by atoms with van der Waals surface area (Å²) in [5.74, 6) is 0. The molecule has 4 heteroatoms. The van der Waals surface area contributed by atoms with Gasteiger partial charge in [-0.15, -0.1) is 9.94 Å². The maximum Gasteiger partial charge on any atom is 0.0812 e. The summed E-state index contributed by atoms with van der Waals surface area (Å²) in [6.45, 7) is 2.18. The Bertz CT molecular complexity index is 206. The zero-order valence-electron chi connectivity index (χ0n) is 5.20. The molecule has 1 heterocycles.